The lowest BCUT2D eigenvalue weighted by Gasteiger charge is -2.08. The van der Waals surface area contributed by atoms with Crippen molar-refractivity contribution in [3.8, 4) is 10.6 Å². The number of aromatic nitrogens is 2. The normalized spacial score (nSPS) is 11.0. The summed E-state index contributed by atoms with van der Waals surface area (Å²) in [5.41, 5.74) is 3.37. The van der Waals surface area contributed by atoms with Crippen LogP contribution in [0, 0.1) is 19.7 Å². The number of nitrogens with zero attached hydrogens (tertiary/aromatic N) is 2. The Kier molecular flexibility index (Phi) is 4.00. The number of anilines is 1. The van der Waals surface area contributed by atoms with E-state index in [0.29, 0.717) is 17.1 Å². The highest BCUT2D eigenvalue weighted by Crippen LogP contribution is 2.32. The number of rotatable bonds is 3. The van der Waals surface area contributed by atoms with Crippen LogP contribution in [0.5, 0.6) is 0 Å². The molecule has 0 radical (unpaired) electrons. The fourth-order valence-corrected chi connectivity index (χ4v) is 3.56. The molecule has 0 fully saturated rings. The maximum absolute atomic E-state index is 13.3. The molecule has 2 aromatic heterocycles. The molecule has 2 heterocycles. The van der Waals surface area contributed by atoms with E-state index in [2.05, 4.69) is 15.3 Å². The van der Waals surface area contributed by atoms with Crippen molar-refractivity contribution in [3.05, 3.63) is 65.6 Å². The average Bonchev–Trinajstić information content (AvgIpc) is 3.22. The number of fused-ring (bicyclic) bond motifs is 1. The van der Waals surface area contributed by atoms with Gasteiger partial charge in [0.05, 0.1) is 10.2 Å². The summed E-state index contributed by atoms with van der Waals surface area (Å²) in [6.07, 6.45) is 1.33. The Labute approximate surface area is 152 Å². The van der Waals surface area contributed by atoms with Gasteiger partial charge in [0, 0.05) is 24.2 Å². The van der Waals surface area contributed by atoms with Crippen molar-refractivity contribution in [1.29, 1.82) is 0 Å². The lowest BCUT2D eigenvalue weighted by atomic mass is 10.1. The second-order valence-electron chi connectivity index (χ2n) is 5.87. The van der Waals surface area contributed by atoms with E-state index in [1.807, 2.05) is 25.1 Å². The molecule has 26 heavy (non-hydrogen) atoms. The van der Waals surface area contributed by atoms with E-state index in [0.717, 1.165) is 20.8 Å². The molecule has 0 aliphatic heterocycles. The summed E-state index contributed by atoms with van der Waals surface area (Å²) in [5.74, 6) is -0.186. The molecule has 0 unspecified atom stereocenters. The van der Waals surface area contributed by atoms with Crippen LogP contribution in [0.4, 0.5) is 10.1 Å². The van der Waals surface area contributed by atoms with Gasteiger partial charge in [-0.25, -0.2) is 14.4 Å². The summed E-state index contributed by atoms with van der Waals surface area (Å²) in [6.45, 7) is 3.58. The number of amides is 1. The molecule has 130 valence electrons. The van der Waals surface area contributed by atoms with Gasteiger partial charge in [0.1, 0.15) is 17.1 Å². The number of hydrogen-bond donors (Lipinski definition) is 1. The van der Waals surface area contributed by atoms with Crippen LogP contribution in [-0.4, -0.2) is 15.9 Å². The lowest BCUT2D eigenvalue weighted by molar-refractivity contribution is 0.102. The predicted octanol–water partition coefficient (Wildman–Crippen LogP) is 4.96. The van der Waals surface area contributed by atoms with Crippen molar-refractivity contribution in [1.82, 2.24) is 9.97 Å². The number of benzene rings is 2. The number of thiazole rings is 1. The minimum atomic E-state index is -0.326. The van der Waals surface area contributed by atoms with Crippen LogP contribution in [0.15, 0.2) is 47.1 Å². The fourth-order valence-electron chi connectivity index (χ4n) is 2.62. The standard InChI is InChI=1S/C19H14FN3O2S/c1-10-7-12(19-23-15-8-13(20)4-6-17(15)26-19)3-5-14(10)22-18(24)16-9-25-11(2)21-16/h3-9H,1-2H3,(H,22,24). The number of carbonyl (C=O) groups is 1. The molecule has 4 aromatic rings. The Morgan fingerprint density at radius 2 is 2.00 bits per heavy atom. The van der Waals surface area contributed by atoms with Crippen molar-refractivity contribution >= 4 is 33.1 Å². The molecule has 2 aromatic carbocycles. The molecule has 4 rings (SSSR count). The van der Waals surface area contributed by atoms with E-state index in [-0.39, 0.29) is 17.4 Å². The highest BCUT2D eigenvalue weighted by molar-refractivity contribution is 7.21. The number of carbonyl (C=O) groups excluding carboxylic acids is 1. The van der Waals surface area contributed by atoms with E-state index in [9.17, 15) is 9.18 Å². The lowest BCUT2D eigenvalue weighted by Crippen LogP contribution is -2.13. The van der Waals surface area contributed by atoms with Gasteiger partial charge in [0.15, 0.2) is 11.6 Å². The van der Waals surface area contributed by atoms with Crippen LogP contribution < -0.4 is 5.32 Å². The average molecular weight is 367 g/mol. The van der Waals surface area contributed by atoms with Crippen LogP contribution in [0.25, 0.3) is 20.8 Å². The maximum Gasteiger partial charge on any atom is 0.277 e. The summed E-state index contributed by atoms with van der Waals surface area (Å²) in [6, 6.07) is 10.2. The second-order valence-corrected chi connectivity index (χ2v) is 6.90. The van der Waals surface area contributed by atoms with Gasteiger partial charge < -0.3 is 9.73 Å². The third kappa shape index (κ3) is 3.09. The number of halogens is 1. The highest BCUT2D eigenvalue weighted by Gasteiger charge is 2.13. The van der Waals surface area contributed by atoms with Crippen LogP contribution in [0.2, 0.25) is 0 Å². The molecule has 0 spiro atoms. The largest absolute Gasteiger partial charge is 0.448 e. The molecule has 0 bridgehead atoms. The first-order chi connectivity index (χ1) is 12.5. The van der Waals surface area contributed by atoms with Gasteiger partial charge in [-0.15, -0.1) is 11.3 Å². The van der Waals surface area contributed by atoms with E-state index in [1.54, 1.807) is 13.0 Å². The Balaban J connectivity index is 1.61. The zero-order chi connectivity index (χ0) is 18.3. The first kappa shape index (κ1) is 16.4. The first-order valence-electron chi connectivity index (χ1n) is 7.90. The molecule has 1 amide bonds. The monoisotopic (exact) mass is 367 g/mol. The Hall–Kier alpha value is -3.06. The summed E-state index contributed by atoms with van der Waals surface area (Å²) in [5, 5.41) is 3.63. The van der Waals surface area contributed by atoms with Gasteiger partial charge in [0.25, 0.3) is 5.91 Å². The Bertz CT molecular complexity index is 1130. The fraction of sp³-hybridized carbons (Fsp3) is 0.105. The minimum Gasteiger partial charge on any atom is -0.448 e. The Morgan fingerprint density at radius 1 is 1.15 bits per heavy atom. The van der Waals surface area contributed by atoms with Crippen molar-refractivity contribution in [2.75, 3.05) is 5.32 Å². The van der Waals surface area contributed by atoms with Crippen molar-refractivity contribution < 1.29 is 13.6 Å². The highest BCUT2D eigenvalue weighted by atomic mass is 32.1. The Morgan fingerprint density at radius 3 is 2.73 bits per heavy atom. The summed E-state index contributed by atoms with van der Waals surface area (Å²) in [7, 11) is 0. The van der Waals surface area contributed by atoms with Gasteiger partial charge in [-0.2, -0.15) is 0 Å². The van der Waals surface area contributed by atoms with Gasteiger partial charge in [-0.1, -0.05) is 0 Å². The van der Waals surface area contributed by atoms with E-state index >= 15 is 0 Å². The molecule has 0 aliphatic rings. The van der Waals surface area contributed by atoms with Crippen molar-refractivity contribution in [2.24, 2.45) is 0 Å². The van der Waals surface area contributed by atoms with Crippen LogP contribution in [-0.2, 0) is 0 Å². The molecule has 0 aliphatic carbocycles. The van der Waals surface area contributed by atoms with Crippen molar-refractivity contribution in [3.63, 3.8) is 0 Å². The topological polar surface area (TPSA) is 68.0 Å². The van der Waals surface area contributed by atoms with Crippen LogP contribution >= 0.6 is 11.3 Å². The molecular formula is C19H14FN3O2S. The van der Waals surface area contributed by atoms with Gasteiger partial charge in [-0.3, -0.25) is 4.79 Å². The molecule has 7 heteroatoms. The third-order valence-corrected chi connectivity index (χ3v) is 5.01. The minimum absolute atomic E-state index is 0.235. The maximum atomic E-state index is 13.3. The molecule has 0 saturated heterocycles. The van der Waals surface area contributed by atoms with Gasteiger partial charge in [-0.05, 0) is 42.8 Å². The number of oxazole rings is 1. The SMILES string of the molecule is Cc1nc(C(=O)Nc2ccc(-c3nc4cc(F)ccc4s3)cc2C)co1. The zero-order valence-electron chi connectivity index (χ0n) is 14.0. The number of nitrogens with one attached hydrogen (secondary N) is 1. The van der Waals surface area contributed by atoms with Gasteiger partial charge in [0.2, 0.25) is 0 Å². The summed E-state index contributed by atoms with van der Waals surface area (Å²) >= 11 is 1.50. The molecular weight excluding hydrogens is 353 g/mol. The predicted molar refractivity (Wildman–Crippen MR) is 98.9 cm³/mol. The molecule has 5 nitrogen and oxygen atoms in total. The van der Waals surface area contributed by atoms with Crippen LogP contribution in [0.1, 0.15) is 21.9 Å². The molecule has 0 saturated carbocycles. The van der Waals surface area contributed by atoms with Gasteiger partial charge >= 0.3 is 0 Å². The third-order valence-electron chi connectivity index (χ3n) is 3.92. The van der Waals surface area contributed by atoms with E-state index in [1.165, 1.54) is 29.7 Å². The van der Waals surface area contributed by atoms with Crippen LogP contribution in [0.3, 0.4) is 0 Å². The summed E-state index contributed by atoms with van der Waals surface area (Å²) < 4.78 is 19.3. The molecule has 0 atom stereocenters. The van der Waals surface area contributed by atoms with Crippen molar-refractivity contribution in [2.45, 2.75) is 13.8 Å². The number of hydrogen-bond acceptors (Lipinski definition) is 5. The zero-order valence-corrected chi connectivity index (χ0v) is 14.9. The quantitative estimate of drug-likeness (QED) is 0.556. The van der Waals surface area contributed by atoms with E-state index < -0.39 is 0 Å². The molecule has 1 N–H and O–H groups in total. The number of aryl methyl sites for hydroxylation is 2. The summed E-state index contributed by atoms with van der Waals surface area (Å²) in [4.78, 5) is 20.7. The smallest absolute Gasteiger partial charge is 0.277 e. The first-order valence-corrected chi connectivity index (χ1v) is 8.72. The van der Waals surface area contributed by atoms with E-state index in [4.69, 9.17) is 4.42 Å². The second kappa shape index (κ2) is 6.34.